The summed E-state index contributed by atoms with van der Waals surface area (Å²) in [4.78, 5) is 27.4. The van der Waals surface area contributed by atoms with Gasteiger partial charge >= 0.3 is 0 Å². The minimum atomic E-state index is 0.939. The number of aromatic nitrogens is 5. The molecule has 10 rings (SSSR count). The van der Waals surface area contributed by atoms with E-state index in [0.717, 1.165) is 56.2 Å². The molecule has 7 heteroatoms. The number of benzene rings is 2. The fourth-order valence-corrected chi connectivity index (χ4v) is 5.51. The van der Waals surface area contributed by atoms with Crippen molar-refractivity contribution in [3.8, 4) is 0 Å². The summed E-state index contributed by atoms with van der Waals surface area (Å²) in [5.41, 5.74) is 12.3. The highest BCUT2D eigenvalue weighted by molar-refractivity contribution is 6.07. The smallest absolute Gasteiger partial charge is 0.0901 e. The molecule has 3 N–H and O–H groups in total. The van der Waals surface area contributed by atoms with Gasteiger partial charge in [-0.25, -0.2) is 9.97 Å². The summed E-state index contributed by atoms with van der Waals surface area (Å²) >= 11 is 0. The van der Waals surface area contributed by atoms with E-state index in [4.69, 9.17) is 0 Å². The molecule has 214 valence electrons. The van der Waals surface area contributed by atoms with Crippen LogP contribution in [-0.2, 0) is 0 Å². The molecule has 0 saturated heterocycles. The molecule has 0 amide bonds. The Balaban J connectivity index is 0.000000118. The zero-order valence-electron chi connectivity index (χ0n) is 24.1. The monoisotopic (exact) mass is 581 g/mol. The normalized spacial score (nSPS) is 13.7. The summed E-state index contributed by atoms with van der Waals surface area (Å²) in [6.45, 7) is 0. The lowest BCUT2D eigenvalue weighted by atomic mass is 10.2. The number of rotatable bonds is 0. The number of hydrogen-bond donors (Lipinski definition) is 3. The number of aliphatic imine (C=N–C) groups is 2. The van der Waals surface area contributed by atoms with Gasteiger partial charge in [0.05, 0.1) is 34.2 Å². The highest BCUT2D eigenvalue weighted by atomic mass is 14.9. The number of allylic oxidation sites excluding steroid dienone is 2. The van der Waals surface area contributed by atoms with Crippen molar-refractivity contribution in [2.45, 2.75) is 0 Å². The Morgan fingerprint density at radius 1 is 0.400 bits per heavy atom. The van der Waals surface area contributed by atoms with E-state index in [-0.39, 0.29) is 0 Å². The van der Waals surface area contributed by atoms with Gasteiger partial charge < -0.3 is 15.0 Å². The zero-order valence-corrected chi connectivity index (χ0v) is 24.1. The van der Waals surface area contributed by atoms with Crippen molar-refractivity contribution in [2.75, 3.05) is 0 Å². The summed E-state index contributed by atoms with van der Waals surface area (Å²) in [5, 5.41) is 2.61. The van der Waals surface area contributed by atoms with Crippen molar-refractivity contribution < 1.29 is 0 Å². The minimum Gasteiger partial charge on any atom is -0.355 e. The number of nitrogens with one attached hydrogen (secondary N) is 3. The van der Waals surface area contributed by atoms with Gasteiger partial charge in [-0.1, -0.05) is 36.4 Å². The second-order valence-electron chi connectivity index (χ2n) is 10.8. The van der Waals surface area contributed by atoms with Crippen LogP contribution in [0.4, 0.5) is 0 Å². The zero-order chi connectivity index (χ0) is 30.0. The maximum Gasteiger partial charge on any atom is 0.0901 e. The molecule has 4 aromatic heterocycles. The molecule has 0 radical (unpaired) electrons. The number of para-hydroxylation sites is 2. The Labute approximate surface area is 258 Å². The summed E-state index contributed by atoms with van der Waals surface area (Å²) in [6, 6.07) is 33.1. The number of fused-ring (bicyclic) bond motifs is 12. The van der Waals surface area contributed by atoms with Crippen LogP contribution in [0.25, 0.3) is 68.2 Å². The molecule has 45 heavy (non-hydrogen) atoms. The van der Waals surface area contributed by atoms with Crippen molar-refractivity contribution >= 4 is 80.6 Å². The van der Waals surface area contributed by atoms with E-state index in [1.807, 2.05) is 60.7 Å². The third-order valence-electron chi connectivity index (χ3n) is 7.61. The van der Waals surface area contributed by atoms with Gasteiger partial charge in [-0.3, -0.25) is 9.98 Å². The van der Waals surface area contributed by atoms with E-state index >= 15 is 0 Å². The van der Waals surface area contributed by atoms with Crippen molar-refractivity contribution in [3.05, 3.63) is 143 Å². The first kappa shape index (κ1) is 26.3. The second kappa shape index (κ2) is 11.4. The third kappa shape index (κ3) is 5.70. The fourth-order valence-electron chi connectivity index (χ4n) is 5.51. The molecular formula is C38H27N7. The van der Waals surface area contributed by atoms with Gasteiger partial charge in [0.1, 0.15) is 0 Å². The fraction of sp³-hybridized carbons (Fsp3) is 0. The molecule has 0 spiro atoms. The largest absolute Gasteiger partial charge is 0.355 e. The maximum atomic E-state index is 4.63. The van der Waals surface area contributed by atoms with Crippen LogP contribution >= 0.6 is 0 Å². The van der Waals surface area contributed by atoms with Crippen LogP contribution in [0.3, 0.4) is 0 Å². The van der Waals surface area contributed by atoms with Gasteiger partial charge in [0, 0.05) is 56.3 Å². The summed E-state index contributed by atoms with van der Waals surface area (Å²) in [6.07, 6.45) is 15.4. The Hall–Kier alpha value is -6.34. The Kier molecular flexibility index (Phi) is 6.66. The summed E-state index contributed by atoms with van der Waals surface area (Å²) in [7, 11) is 0. The number of nitrogens with zero attached hydrogens (tertiary/aromatic N) is 4. The first-order chi connectivity index (χ1) is 22.2. The molecule has 8 bridgehead atoms. The lowest BCUT2D eigenvalue weighted by Gasteiger charge is -1.87. The van der Waals surface area contributed by atoms with Gasteiger partial charge in [0.2, 0.25) is 0 Å². The molecular weight excluding hydrogens is 554 g/mol. The molecule has 0 aliphatic carbocycles. The molecule has 0 fully saturated rings. The molecule has 2 aromatic carbocycles. The number of hydrogen-bond acceptors (Lipinski definition) is 4. The lowest BCUT2D eigenvalue weighted by Crippen LogP contribution is -1.75. The predicted octanol–water partition coefficient (Wildman–Crippen LogP) is 8.90. The van der Waals surface area contributed by atoms with Crippen LogP contribution in [0, 0.1) is 0 Å². The number of H-pyrrole nitrogens is 3. The van der Waals surface area contributed by atoms with Gasteiger partial charge in [0.25, 0.3) is 0 Å². The predicted molar refractivity (Wildman–Crippen MR) is 188 cm³/mol. The molecule has 0 saturated carbocycles. The Morgan fingerprint density at radius 2 is 0.778 bits per heavy atom. The van der Waals surface area contributed by atoms with Gasteiger partial charge in [-0.15, -0.1) is 0 Å². The summed E-state index contributed by atoms with van der Waals surface area (Å²) < 4.78 is 0. The highest BCUT2D eigenvalue weighted by Crippen LogP contribution is 2.24. The van der Waals surface area contributed by atoms with E-state index in [0.29, 0.717) is 0 Å². The van der Waals surface area contributed by atoms with Gasteiger partial charge in [-0.2, -0.15) is 0 Å². The molecule has 0 atom stereocenters. The van der Waals surface area contributed by atoms with Crippen molar-refractivity contribution in [1.29, 1.82) is 0 Å². The van der Waals surface area contributed by atoms with Gasteiger partial charge in [0.15, 0.2) is 0 Å². The summed E-state index contributed by atoms with van der Waals surface area (Å²) in [5.74, 6) is 0. The van der Waals surface area contributed by atoms with E-state index in [1.165, 1.54) is 21.8 Å². The van der Waals surface area contributed by atoms with Crippen LogP contribution in [0.15, 0.2) is 131 Å². The van der Waals surface area contributed by atoms with Crippen LogP contribution in [0.1, 0.15) is 22.8 Å². The van der Waals surface area contributed by atoms with Crippen molar-refractivity contribution in [2.24, 2.45) is 9.98 Å². The lowest BCUT2D eigenvalue weighted by molar-refractivity contribution is 1.31. The molecule has 4 aliphatic rings. The van der Waals surface area contributed by atoms with E-state index in [9.17, 15) is 0 Å². The Morgan fingerprint density at radius 3 is 1.18 bits per heavy atom. The van der Waals surface area contributed by atoms with Gasteiger partial charge in [-0.05, 0) is 97.1 Å². The van der Waals surface area contributed by atoms with E-state index < -0.39 is 0 Å². The van der Waals surface area contributed by atoms with Crippen molar-refractivity contribution in [3.63, 3.8) is 0 Å². The third-order valence-corrected chi connectivity index (χ3v) is 7.61. The van der Waals surface area contributed by atoms with E-state index in [2.05, 4.69) is 108 Å². The van der Waals surface area contributed by atoms with E-state index in [1.54, 1.807) is 12.4 Å². The minimum absolute atomic E-state index is 0.939. The molecule has 8 heterocycles. The first-order valence-corrected chi connectivity index (χ1v) is 14.7. The molecule has 7 nitrogen and oxygen atoms in total. The van der Waals surface area contributed by atoms with Crippen LogP contribution < -0.4 is 0 Å². The molecule has 4 aliphatic heterocycles. The Bertz CT molecular complexity index is 2190. The average molecular weight is 582 g/mol. The average Bonchev–Trinajstić information content (AvgIpc) is 3.89. The molecule has 0 unspecified atom stereocenters. The highest BCUT2D eigenvalue weighted by Gasteiger charge is 2.08. The van der Waals surface area contributed by atoms with Crippen molar-refractivity contribution in [1.82, 2.24) is 24.9 Å². The molecule has 6 aromatic rings. The van der Waals surface area contributed by atoms with Crippen LogP contribution in [0.2, 0.25) is 0 Å². The standard InChI is InChI=1S/C20H14N4.C12H9N.C6H4N2/c1-2-14-10-16-5-6-18(23-16)12-20-8-7-19(24-20)11-17-4-3-15(22-17)9-13(1)21-14;1-3-7-11-9(5-1)10-6-2-4-8-12(10)13-11;1-3-7-6-2-4-8-5(1)6/h1-12,21,24H;1-8,13H;1-4H. The quantitative estimate of drug-likeness (QED) is 0.167. The topological polar surface area (TPSA) is 97.9 Å². The SMILES string of the molecule is C1=Cc2cc3ccc(cc4nc(cc5ccc(cc1n2)[nH]5)C=C4)[nH]3.C1=NC2=CC=NC2=C1.c1ccc2c(c1)[nH]c1ccccc12. The number of aromatic amines is 3. The van der Waals surface area contributed by atoms with Crippen LogP contribution in [0.5, 0.6) is 0 Å². The van der Waals surface area contributed by atoms with Crippen LogP contribution in [-0.4, -0.2) is 37.3 Å². The first-order valence-electron chi connectivity index (χ1n) is 14.7. The maximum absolute atomic E-state index is 4.63. The second-order valence-corrected chi connectivity index (χ2v) is 10.8.